The van der Waals surface area contributed by atoms with Crippen molar-refractivity contribution in [2.45, 2.75) is 30.9 Å². The van der Waals surface area contributed by atoms with E-state index in [0.717, 1.165) is 11.6 Å². The molecule has 170 valence electrons. The summed E-state index contributed by atoms with van der Waals surface area (Å²) in [5.74, 6) is -4.54. The summed E-state index contributed by atoms with van der Waals surface area (Å²) in [6, 6.07) is 11.3. The van der Waals surface area contributed by atoms with Crippen LogP contribution in [0.2, 0.25) is 0 Å². The van der Waals surface area contributed by atoms with Gasteiger partial charge >= 0.3 is 18.0 Å². The minimum Gasteiger partial charge on any atom is -0.478 e. The molecule has 2 aromatic rings. The molecule has 3 rings (SSSR count). The van der Waals surface area contributed by atoms with Crippen LogP contribution < -0.4 is 0 Å². The second kappa shape index (κ2) is 10.2. The fourth-order valence-electron chi connectivity index (χ4n) is 3.38. The predicted octanol–water partition coefficient (Wildman–Crippen LogP) is 4.61. The van der Waals surface area contributed by atoms with Crippen molar-refractivity contribution >= 4 is 28.0 Å². The first-order valence-electron chi connectivity index (χ1n) is 9.94. The summed E-state index contributed by atoms with van der Waals surface area (Å²) >= 11 is 3.15. The molecular formula is C23H22BrF2NO5. The number of cyclic esters (lactones) is 1. The van der Waals surface area contributed by atoms with Gasteiger partial charge in [0.15, 0.2) is 0 Å². The zero-order valence-corrected chi connectivity index (χ0v) is 18.5. The molecule has 1 amide bonds. The summed E-state index contributed by atoms with van der Waals surface area (Å²) in [5.41, 5.74) is 0.651. The molecule has 2 N–H and O–H groups in total. The summed E-state index contributed by atoms with van der Waals surface area (Å²) in [6.07, 6.45) is 0.607. The van der Waals surface area contributed by atoms with Gasteiger partial charge in [-0.15, -0.1) is 0 Å². The van der Waals surface area contributed by atoms with E-state index in [1.165, 1.54) is 41.3 Å². The van der Waals surface area contributed by atoms with Gasteiger partial charge in [0.2, 0.25) is 0 Å². The molecule has 2 unspecified atom stereocenters. The van der Waals surface area contributed by atoms with Crippen LogP contribution in [0.4, 0.5) is 13.6 Å². The van der Waals surface area contributed by atoms with E-state index >= 15 is 0 Å². The second-order valence-corrected chi connectivity index (χ2v) is 8.29. The average molecular weight is 510 g/mol. The van der Waals surface area contributed by atoms with Crippen LogP contribution in [-0.2, 0) is 17.1 Å². The molecule has 0 bridgehead atoms. The largest absolute Gasteiger partial charge is 0.478 e. The third-order valence-corrected chi connectivity index (χ3v) is 5.71. The number of hydrogen-bond acceptors (Lipinski definition) is 4. The molecule has 1 heterocycles. The molecule has 1 fully saturated rings. The Labute approximate surface area is 192 Å². The van der Waals surface area contributed by atoms with Gasteiger partial charge in [0.25, 0.3) is 0 Å². The maximum Gasteiger partial charge on any atom is 0.410 e. The standard InChI is InChI=1S/C23H22BrF2NO5/c24-18-3-1-2-17(14-18)23(25,26)20(28)9-8-19-11-13-32-22(31)27(19)12-10-15-4-6-16(7-5-15)21(29)30/h1-9,14,19-20,28H,10-13H2,(H,29,30). The van der Waals surface area contributed by atoms with Gasteiger partial charge in [-0.1, -0.05) is 52.3 Å². The molecule has 1 saturated heterocycles. The van der Waals surface area contributed by atoms with Crippen LogP contribution in [0, 0.1) is 0 Å². The van der Waals surface area contributed by atoms with Gasteiger partial charge in [0.1, 0.15) is 6.10 Å². The molecule has 0 aliphatic carbocycles. The van der Waals surface area contributed by atoms with Crippen molar-refractivity contribution in [2.24, 2.45) is 0 Å². The van der Waals surface area contributed by atoms with Crippen LogP contribution >= 0.6 is 15.9 Å². The van der Waals surface area contributed by atoms with E-state index in [0.29, 0.717) is 17.3 Å². The maximum absolute atomic E-state index is 14.6. The van der Waals surface area contributed by atoms with Crippen molar-refractivity contribution in [1.82, 2.24) is 4.90 Å². The Morgan fingerprint density at radius 3 is 2.66 bits per heavy atom. The van der Waals surface area contributed by atoms with Gasteiger partial charge in [0, 0.05) is 23.0 Å². The first-order chi connectivity index (χ1) is 15.2. The molecule has 0 radical (unpaired) electrons. The van der Waals surface area contributed by atoms with Crippen molar-refractivity contribution in [2.75, 3.05) is 13.2 Å². The van der Waals surface area contributed by atoms with Crippen molar-refractivity contribution in [3.63, 3.8) is 0 Å². The number of aliphatic hydroxyl groups is 1. The number of ether oxygens (including phenoxy) is 1. The highest BCUT2D eigenvalue weighted by Crippen LogP contribution is 2.34. The van der Waals surface area contributed by atoms with E-state index in [2.05, 4.69) is 15.9 Å². The number of amides is 1. The lowest BCUT2D eigenvalue weighted by Gasteiger charge is -2.33. The highest BCUT2D eigenvalue weighted by atomic mass is 79.9. The number of hydrogen-bond donors (Lipinski definition) is 2. The number of nitrogens with zero attached hydrogens (tertiary/aromatic N) is 1. The first-order valence-corrected chi connectivity index (χ1v) is 10.7. The molecule has 9 heteroatoms. The summed E-state index contributed by atoms with van der Waals surface area (Å²) in [7, 11) is 0. The lowest BCUT2D eigenvalue weighted by atomic mass is 10.0. The second-order valence-electron chi connectivity index (χ2n) is 7.38. The lowest BCUT2D eigenvalue weighted by molar-refractivity contribution is -0.0930. The van der Waals surface area contributed by atoms with E-state index in [1.54, 1.807) is 18.2 Å². The van der Waals surface area contributed by atoms with E-state index in [1.807, 2.05) is 0 Å². The quantitative estimate of drug-likeness (QED) is 0.507. The third kappa shape index (κ3) is 5.72. The molecule has 2 aromatic carbocycles. The number of carbonyl (C=O) groups is 2. The number of carboxylic acid groups (broad SMARTS) is 1. The Morgan fingerprint density at radius 2 is 2.00 bits per heavy atom. The van der Waals surface area contributed by atoms with Gasteiger partial charge in [-0.05, 0) is 36.2 Å². The number of rotatable bonds is 8. The van der Waals surface area contributed by atoms with E-state index in [4.69, 9.17) is 9.84 Å². The molecular weight excluding hydrogens is 488 g/mol. The molecule has 0 spiro atoms. The lowest BCUT2D eigenvalue weighted by Crippen LogP contribution is -2.45. The number of aromatic carboxylic acids is 1. The van der Waals surface area contributed by atoms with E-state index in [-0.39, 0.29) is 24.3 Å². The average Bonchev–Trinajstić information content (AvgIpc) is 2.77. The highest BCUT2D eigenvalue weighted by molar-refractivity contribution is 9.10. The number of benzene rings is 2. The Hall–Kier alpha value is -2.78. The normalized spacial score (nSPS) is 17.9. The zero-order valence-electron chi connectivity index (χ0n) is 17.0. The summed E-state index contributed by atoms with van der Waals surface area (Å²) < 4.78 is 34.8. The van der Waals surface area contributed by atoms with E-state index in [9.17, 15) is 23.5 Å². The fourth-order valence-corrected chi connectivity index (χ4v) is 3.78. The zero-order chi connectivity index (χ0) is 23.3. The van der Waals surface area contributed by atoms with Gasteiger partial charge in [0.05, 0.1) is 18.2 Å². The summed E-state index contributed by atoms with van der Waals surface area (Å²) in [6.45, 7) is 0.397. The minimum atomic E-state index is -3.51. The van der Waals surface area contributed by atoms with Crippen molar-refractivity contribution in [3.8, 4) is 0 Å². The topological polar surface area (TPSA) is 87.1 Å². The third-order valence-electron chi connectivity index (χ3n) is 5.21. The molecule has 1 aliphatic heterocycles. The van der Waals surface area contributed by atoms with Crippen LogP contribution in [0.25, 0.3) is 0 Å². The fraction of sp³-hybridized carbons (Fsp3) is 0.304. The Kier molecular flexibility index (Phi) is 7.63. The first kappa shape index (κ1) is 23.9. The Bertz CT molecular complexity index is 996. The van der Waals surface area contributed by atoms with Gasteiger partial charge in [-0.25, -0.2) is 9.59 Å². The van der Waals surface area contributed by atoms with Gasteiger partial charge in [-0.3, -0.25) is 0 Å². The molecule has 6 nitrogen and oxygen atoms in total. The SMILES string of the molecule is O=C(O)c1ccc(CCN2C(=O)OCCC2C=CC(O)C(F)(F)c2cccc(Br)c2)cc1. The van der Waals surface area contributed by atoms with Crippen molar-refractivity contribution < 1.29 is 33.3 Å². The molecule has 0 aromatic heterocycles. The number of carbonyl (C=O) groups excluding carboxylic acids is 1. The summed E-state index contributed by atoms with van der Waals surface area (Å²) in [5, 5.41) is 19.1. The maximum atomic E-state index is 14.6. The van der Waals surface area contributed by atoms with Gasteiger partial charge < -0.3 is 19.8 Å². The Morgan fingerprint density at radius 1 is 1.28 bits per heavy atom. The van der Waals surface area contributed by atoms with Crippen LogP contribution in [0.5, 0.6) is 0 Å². The molecule has 1 aliphatic rings. The minimum absolute atomic E-state index is 0.149. The number of carboxylic acids is 1. The smallest absolute Gasteiger partial charge is 0.410 e. The van der Waals surface area contributed by atoms with Crippen LogP contribution in [0.3, 0.4) is 0 Å². The number of halogens is 3. The molecule has 2 atom stereocenters. The Balaban J connectivity index is 1.68. The van der Waals surface area contributed by atoms with Crippen molar-refractivity contribution in [1.29, 1.82) is 0 Å². The number of aliphatic hydroxyl groups excluding tert-OH is 1. The highest BCUT2D eigenvalue weighted by Gasteiger charge is 2.39. The van der Waals surface area contributed by atoms with Crippen LogP contribution in [0.15, 0.2) is 65.2 Å². The number of alkyl halides is 2. The monoisotopic (exact) mass is 509 g/mol. The molecule has 32 heavy (non-hydrogen) atoms. The van der Waals surface area contributed by atoms with E-state index < -0.39 is 30.1 Å². The summed E-state index contributed by atoms with van der Waals surface area (Å²) in [4.78, 5) is 24.6. The predicted molar refractivity (Wildman–Crippen MR) is 117 cm³/mol. The van der Waals surface area contributed by atoms with Crippen LogP contribution in [0.1, 0.15) is 27.9 Å². The van der Waals surface area contributed by atoms with Crippen LogP contribution in [-0.4, -0.2) is 52.5 Å². The molecule has 0 saturated carbocycles. The van der Waals surface area contributed by atoms with Gasteiger partial charge in [-0.2, -0.15) is 8.78 Å². The van der Waals surface area contributed by atoms with Crippen molar-refractivity contribution in [3.05, 3.63) is 81.8 Å².